The third-order valence-corrected chi connectivity index (χ3v) is 5.22. The van der Waals surface area contributed by atoms with Crippen LogP contribution in [-0.2, 0) is 9.59 Å². The first-order chi connectivity index (χ1) is 10.6. The lowest BCUT2D eigenvalue weighted by atomic mass is 9.83. The number of carboxylic acids is 1. The van der Waals surface area contributed by atoms with Gasteiger partial charge in [0.05, 0.1) is 16.0 Å². The van der Waals surface area contributed by atoms with Crippen LogP contribution in [0.15, 0.2) is 51.5 Å². The van der Waals surface area contributed by atoms with Gasteiger partial charge in [0.15, 0.2) is 0 Å². The average Bonchev–Trinajstić information content (AvgIpc) is 2.89. The van der Waals surface area contributed by atoms with Crippen molar-refractivity contribution in [2.75, 3.05) is 6.54 Å². The number of allylic oxidation sites excluding steroid dienone is 4. The first-order valence-electron chi connectivity index (χ1n) is 7.14. The molecule has 2 N–H and O–H groups in total. The number of nitrogens with zero attached hydrogens (tertiary/aromatic N) is 1. The van der Waals surface area contributed by atoms with Crippen LogP contribution >= 0.6 is 11.8 Å². The van der Waals surface area contributed by atoms with Crippen LogP contribution in [0.5, 0.6) is 0 Å². The minimum Gasteiger partial charge on any atom is -0.481 e. The van der Waals surface area contributed by atoms with Crippen molar-refractivity contribution >= 4 is 29.9 Å². The van der Waals surface area contributed by atoms with E-state index in [4.69, 9.17) is 5.11 Å². The molecule has 1 aliphatic carbocycles. The molecule has 0 saturated heterocycles. The van der Waals surface area contributed by atoms with Gasteiger partial charge >= 0.3 is 5.97 Å². The van der Waals surface area contributed by atoms with E-state index in [1.807, 2.05) is 23.6 Å². The van der Waals surface area contributed by atoms with Crippen molar-refractivity contribution in [3.8, 4) is 0 Å². The molecule has 1 unspecified atom stereocenters. The lowest BCUT2D eigenvalue weighted by Gasteiger charge is -2.33. The Labute approximate surface area is 132 Å². The summed E-state index contributed by atoms with van der Waals surface area (Å²) in [4.78, 5) is 27.3. The molecule has 0 fully saturated rings. The van der Waals surface area contributed by atoms with Crippen molar-refractivity contribution in [3.05, 3.63) is 46.6 Å². The molecule has 1 atom stereocenters. The predicted octanol–water partition coefficient (Wildman–Crippen LogP) is 2.19. The Kier molecular flexibility index (Phi) is 4.02. The number of thioether (sulfide) groups is 1. The largest absolute Gasteiger partial charge is 0.481 e. The fourth-order valence-corrected chi connectivity index (χ4v) is 4.06. The van der Waals surface area contributed by atoms with Gasteiger partial charge in [0.25, 0.3) is 5.91 Å². The third-order valence-electron chi connectivity index (χ3n) is 3.86. The second-order valence-electron chi connectivity index (χ2n) is 5.27. The van der Waals surface area contributed by atoms with Crippen molar-refractivity contribution in [1.82, 2.24) is 5.32 Å². The molecule has 2 aliphatic heterocycles. The van der Waals surface area contributed by atoms with Crippen molar-refractivity contribution < 1.29 is 14.7 Å². The zero-order chi connectivity index (χ0) is 15.6. The standard InChI is InChI=1S/C16H16N2O3S/c19-14(20)5-3-8-18-15(21)11-10-22-16-7-2-1-4-13(16)17-9-6-12(11)16/h1-2,4,6,9-10H,3,5,7-8H2,(H,18,21)(H,19,20). The maximum absolute atomic E-state index is 12.4. The summed E-state index contributed by atoms with van der Waals surface area (Å²) >= 11 is 1.62. The van der Waals surface area contributed by atoms with E-state index in [-0.39, 0.29) is 17.1 Å². The summed E-state index contributed by atoms with van der Waals surface area (Å²) in [6.45, 7) is 0.365. The van der Waals surface area contributed by atoms with E-state index in [1.165, 1.54) is 0 Å². The van der Waals surface area contributed by atoms with E-state index in [0.717, 1.165) is 17.7 Å². The van der Waals surface area contributed by atoms with Crippen LogP contribution in [-0.4, -0.2) is 34.5 Å². The topological polar surface area (TPSA) is 78.8 Å². The number of carbonyl (C=O) groups is 2. The molecule has 6 heteroatoms. The molecule has 2 heterocycles. The van der Waals surface area contributed by atoms with E-state index in [1.54, 1.807) is 18.0 Å². The third kappa shape index (κ3) is 2.54. The monoisotopic (exact) mass is 316 g/mol. The van der Waals surface area contributed by atoms with Crippen LogP contribution in [0.3, 0.4) is 0 Å². The quantitative estimate of drug-likeness (QED) is 0.762. The molecule has 0 aromatic rings. The summed E-state index contributed by atoms with van der Waals surface area (Å²) in [5, 5.41) is 13.3. The highest BCUT2D eigenvalue weighted by molar-refractivity contribution is 8.04. The fourth-order valence-electron chi connectivity index (χ4n) is 2.77. The second kappa shape index (κ2) is 5.96. The minimum absolute atomic E-state index is 0.0606. The maximum atomic E-state index is 12.4. The molecule has 22 heavy (non-hydrogen) atoms. The van der Waals surface area contributed by atoms with Gasteiger partial charge in [-0.25, -0.2) is 0 Å². The molecule has 5 nitrogen and oxygen atoms in total. The molecule has 3 aliphatic rings. The van der Waals surface area contributed by atoms with E-state index in [2.05, 4.69) is 16.4 Å². The Morgan fingerprint density at radius 3 is 3.09 bits per heavy atom. The molecule has 0 bridgehead atoms. The Hall–Kier alpha value is -2.08. The number of nitrogens with one attached hydrogen (secondary N) is 1. The van der Waals surface area contributed by atoms with Crippen LogP contribution in [0.25, 0.3) is 0 Å². The second-order valence-corrected chi connectivity index (χ2v) is 6.44. The molecule has 0 saturated carbocycles. The van der Waals surface area contributed by atoms with E-state index >= 15 is 0 Å². The summed E-state index contributed by atoms with van der Waals surface area (Å²) in [6, 6.07) is 0. The van der Waals surface area contributed by atoms with Gasteiger partial charge in [-0.05, 0) is 36.0 Å². The first-order valence-corrected chi connectivity index (χ1v) is 8.02. The number of hydrogen-bond donors (Lipinski definition) is 2. The summed E-state index contributed by atoms with van der Waals surface area (Å²) in [5.41, 5.74) is 2.62. The number of aliphatic imine (C=N–C) groups is 1. The Balaban J connectivity index is 1.69. The molecule has 0 radical (unpaired) electrons. The number of dihydropyridines is 1. The van der Waals surface area contributed by atoms with Crippen LogP contribution in [0.4, 0.5) is 0 Å². The van der Waals surface area contributed by atoms with Crippen molar-refractivity contribution in [1.29, 1.82) is 0 Å². The normalized spacial score (nSPS) is 24.8. The minimum atomic E-state index is -0.848. The predicted molar refractivity (Wildman–Crippen MR) is 86.7 cm³/mol. The summed E-state index contributed by atoms with van der Waals surface area (Å²) in [5.74, 6) is -0.996. The Morgan fingerprint density at radius 1 is 1.41 bits per heavy atom. The number of rotatable bonds is 5. The lowest BCUT2D eigenvalue weighted by molar-refractivity contribution is -0.137. The highest BCUT2D eigenvalue weighted by Gasteiger charge is 2.46. The van der Waals surface area contributed by atoms with E-state index in [9.17, 15) is 9.59 Å². The fraction of sp³-hybridized carbons (Fsp3) is 0.312. The highest BCUT2D eigenvalue weighted by Crippen LogP contribution is 2.54. The highest BCUT2D eigenvalue weighted by atomic mass is 32.2. The Morgan fingerprint density at radius 2 is 2.27 bits per heavy atom. The van der Waals surface area contributed by atoms with Gasteiger partial charge in [0, 0.05) is 19.2 Å². The van der Waals surface area contributed by atoms with Gasteiger partial charge in [0.2, 0.25) is 0 Å². The smallest absolute Gasteiger partial charge is 0.303 e. The van der Waals surface area contributed by atoms with Crippen LogP contribution in [0.2, 0.25) is 0 Å². The summed E-state index contributed by atoms with van der Waals surface area (Å²) < 4.78 is -0.267. The molecule has 3 rings (SSSR count). The molecular formula is C16H16N2O3S. The maximum Gasteiger partial charge on any atom is 0.303 e. The SMILES string of the molecule is O=C(O)CCCNC(=O)C1=CSC23CC=CC=C2N=CC=C13. The van der Waals surface area contributed by atoms with E-state index in [0.29, 0.717) is 18.5 Å². The molecule has 0 aromatic heterocycles. The van der Waals surface area contributed by atoms with Gasteiger partial charge in [-0.3, -0.25) is 14.6 Å². The number of carbonyl (C=O) groups excluding carboxylic acids is 1. The zero-order valence-electron chi connectivity index (χ0n) is 11.9. The first kappa shape index (κ1) is 14.8. The zero-order valence-corrected chi connectivity index (χ0v) is 12.7. The van der Waals surface area contributed by atoms with Gasteiger partial charge < -0.3 is 10.4 Å². The number of hydrogen-bond acceptors (Lipinski definition) is 4. The van der Waals surface area contributed by atoms with Crippen molar-refractivity contribution in [2.45, 2.75) is 24.0 Å². The lowest BCUT2D eigenvalue weighted by Crippen LogP contribution is -2.34. The van der Waals surface area contributed by atoms with Crippen LogP contribution in [0, 0.1) is 0 Å². The molecular weight excluding hydrogens is 300 g/mol. The summed E-state index contributed by atoms with van der Waals surface area (Å²) in [7, 11) is 0. The average molecular weight is 316 g/mol. The Bertz CT molecular complexity index is 673. The van der Waals surface area contributed by atoms with E-state index < -0.39 is 5.97 Å². The number of carboxylic acid groups (broad SMARTS) is 1. The molecule has 1 amide bonds. The van der Waals surface area contributed by atoms with Gasteiger partial charge in [0.1, 0.15) is 0 Å². The van der Waals surface area contributed by atoms with Crippen molar-refractivity contribution in [3.63, 3.8) is 0 Å². The number of amides is 1. The molecule has 0 aromatic carbocycles. The van der Waals surface area contributed by atoms with Crippen LogP contribution in [0.1, 0.15) is 19.3 Å². The molecule has 1 spiro atoms. The van der Waals surface area contributed by atoms with Gasteiger partial charge in [-0.15, -0.1) is 11.8 Å². The van der Waals surface area contributed by atoms with Gasteiger partial charge in [-0.1, -0.05) is 12.2 Å². The summed E-state index contributed by atoms with van der Waals surface area (Å²) in [6.07, 6.45) is 11.0. The molecule has 114 valence electrons. The number of aliphatic carboxylic acids is 1. The van der Waals surface area contributed by atoms with Gasteiger partial charge in [-0.2, -0.15) is 0 Å². The van der Waals surface area contributed by atoms with Crippen LogP contribution < -0.4 is 5.32 Å². The van der Waals surface area contributed by atoms with Crippen molar-refractivity contribution in [2.24, 2.45) is 4.99 Å².